The molecule has 0 aliphatic rings. The topological polar surface area (TPSA) is 20.9 Å². The van der Waals surface area contributed by atoms with Gasteiger partial charge in [-0.1, -0.05) is 6.07 Å². The van der Waals surface area contributed by atoms with Crippen molar-refractivity contribution in [1.29, 1.82) is 0 Å². The van der Waals surface area contributed by atoms with Crippen LogP contribution in [0, 0.1) is 0 Å². The summed E-state index contributed by atoms with van der Waals surface area (Å²) < 4.78 is 35.8. The van der Waals surface area contributed by atoms with Gasteiger partial charge < -0.3 is 0 Å². The Morgan fingerprint density at radius 1 is 1.08 bits per heavy atom. The zero-order valence-corrected chi connectivity index (χ0v) is 5.88. The Morgan fingerprint density at radius 3 is 2.00 bits per heavy atom. The lowest BCUT2D eigenvalue weighted by Crippen LogP contribution is -2.50. The number of aromatic nitrogens is 1. The second-order valence-electron chi connectivity index (χ2n) is 2.09. The van der Waals surface area contributed by atoms with Crippen LogP contribution in [0.2, 0.25) is 0 Å². The molecule has 0 unspecified atom stereocenters. The first kappa shape index (κ1) is 8.70. The molecule has 0 saturated carbocycles. The van der Waals surface area contributed by atoms with Gasteiger partial charge in [0.15, 0.2) is 12.4 Å². The van der Waals surface area contributed by atoms with Crippen LogP contribution in [0.4, 0.5) is 13.2 Å². The summed E-state index contributed by atoms with van der Waals surface area (Å²) in [5, 5.41) is 0. The maximum absolute atomic E-state index is 11.8. The molecule has 0 N–H and O–H groups in total. The Balaban J connectivity index is 2.94. The van der Waals surface area contributed by atoms with E-state index < -0.39 is 12.1 Å². The molecule has 0 atom stereocenters. The van der Waals surface area contributed by atoms with Crippen molar-refractivity contribution in [2.75, 3.05) is 0 Å². The van der Waals surface area contributed by atoms with Crippen molar-refractivity contribution < 1.29 is 22.5 Å². The van der Waals surface area contributed by atoms with Crippen LogP contribution in [0.25, 0.3) is 0 Å². The van der Waals surface area contributed by atoms with E-state index in [1.807, 2.05) is 0 Å². The summed E-state index contributed by atoms with van der Waals surface area (Å²) in [5.41, 5.74) is 0. The van der Waals surface area contributed by atoms with Gasteiger partial charge in [-0.25, -0.2) is 4.79 Å². The number of alkyl halides is 3. The minimum absolute atomic E-state index is 0.486. The minimum Gasteiger partial charge on any atom is -0.208 e. The molecular weight excluding hydrogens is 171 g/mol. The second kappa shape index (κ2) is 2.92. The normalized spacial score (nSPS) is 11.2. The van der Waals surface area contributed by atoms with E-state index in [2.05, 4.69) is 0 Å². The van der Waals surface area contributed by atoms with E-state index in [9.17, 15) is 18.0 Å². The summed E-state index contributed by atoms with van der Waals surface area (Å²) in [4.78, 5) is 10.5. The molecule has 0 spiro atoms. The number of rotatable bonds is 0. The highest BCUT2D eigenvalue weighted by Crippen LogP contribution is 2.13. The van der Waals surface area contributed by atoms with Crippen LogP contribution in [0.15, 0.2) is 30.6 Å². The highest BCUT2D eigenvalue weighted by Gasteiger charge is 2.47. The molecule has 1 heterocycles. The quantitative estimate of drug-likeness (QED) is 0.543. The summed E-state index contributed by atoms with van der Waals surface area (Å²) in [7, 11) is 0. The van der Waals surface area contributed by atoms with Gasteiger partial charge in [0.05, 0.1) is 0 Å². The summed E-state index contributed by atoms with van der Waals surface area (Å²) in [6.45, 7) is 0. The van der Waals surface area contributed by atoms with Gasteiger partial charge in [0, 0.05) is 12.1 Å². The maximum atomic E-state index is 11.8. The number of hydrogen-bond acceptors (Lipinski definition) is 1. The fourth-order valence-corrected chi connectivity index (χ4v) is 0.680. The van der Waals surface area contributed by atoms with E-state index in [0.29, 0.717) is 4.57 Å². The summed E-state index contributed by atoms with van der Waals surface area (Å²) in [5.74, 6) is -1.89. The van der Waals surface area contributed by atoms with Gasteiger partial charge >= 0.3 is 12.1 Å². The average molecular weight is 176 g/mol. The molecule has 2 nitrogen and oxygen atoms in total. The number of carbonyl (C=O) groups excluding carboxylic acids is 1. The van der Waals surface area contributed by atoms with Gasteiger partial charge in [0.1, 0.15) is 0 Å². The van der Waals surface area contributed by atoms with Crippen molar-refractivity contribution in [1.82, 2.24) is 0 Å². The van der Waals surface area contributed by atoms with Gasteiger partial charge in [-0.2, -0.15) is 13.2 Å². The van der Waals surface area contributed by atoms with Crippen LogP contribution < -0.4 is 4.57 Å². The minimum atomic E-state index is -4.81. The molecule has 1 aromatic heterocycles. The van der Waals surface area contributed by atoms with Crippen molar-refractivity contribution in [2.24, 2.45) is 0 Å². The van der Waals surface area contributed by atoms with Crippen molar-refractivity contribution in [3.63, 3.8) is 0 Å². The Kier molecular flexibility index (Phi) is 2.12. The molecule has 0 amide bonds. The molecule has 1 aromatic rings. The Labute approximate surface area is 66.2 Å². The van der Waals surface area contributed by atoms with Crippen LogP contribution in [-0.2, 0) is 0 Å². The van der Waals surface area contributed by atoms with Crippen LogP contribution in [-0.4, -0.2) is 12.1 Å². The average Bonchev–Trinajstić information content (AvgIpc) is 2.03. The van der Waals surface area contributed by atoms with Crippen LogP contribution >= 0.6 is 0 Å². The highest BCUT2D eigenvalue weighted by atomic mass is 19.4. The molecule has 12 heavy (non-hydrogen) atoms. The summed E-state index contributed by atoms with van der Waals surface area (Å²) in [6, 6.07) is 4.23. The molecule has 0 radical (unpaired) electrons. The lowest BCUT2D eigenvalue weighted by atomic mass is 10.4. The molecule has 64 valence electrons. The maximum Gasteiger partial charge on any atom is 0.521 e. The molecule has 0 aromatic carbocycles. The monoisotopic (exact) mass is 176 g/mol. The third-order valence-electron chi connectivity index (χ3n) is 1.19. The standard InChI is InChI=1S/C7H5F3NO/c8-7(9,10)6(12)11-4-2-1-3-5-11/h1-5H/q+1. The number of pyridine rings is 1. The first-order chi connectivity index (χ1) is 5.52. The first-order valence-corrected chi connectivity index (χ1v) is 3.09. The van der Waals surface area contributed by atoms with Crippen LogP contribution in [0.3, 0.4) is 0 Å². The molecule has 0 aliphatic heterocycles. The molecule has 5 heteroatoms. The lowest BCUT2D eigenvalue weighted by molar-refractivity contribution is -0.586. The van der Waals surface area contributed by atoms with E-state index in [-0.39, 0.29) is 0 Å². The molecule has 0 bridgehead atoms. The SMILES string of the molecule is O=C([n+]1ccccc1)C(F)(F)F. The van der Waals surface area contributed by atoms with E-state index in [1.165, 1.54) is 18.2 Å². The van der Waals surface area contributed by atoms with E-state index >= 15 is 0 Å². The molecule has 0 fully saturated rings. The van der Waals surface area contributed by atoms with Crippen molar-refractivity contribution in [3.05, 3.63) is 30.6 Å². The van der Waals surface area contributed by atoms with E-state index in [4.69, 9.17) is 0 Å². The Hall–Kier alpha value is -1.39. The predicted octanol–water partition coefficient (Wildman–Crippen LogP) is 1.18. The van der Waals surface area contributed by atoms with Gasteiger partial charge in [0.2, 0.25) is 0 Å². The fourth-order valence-electron chi connectivity index (χ4n) is 0.680. The zero-order valence-electron chi connectivity index (χ0n) is 5.88. The highest BCUT2D eigenvalue weighted by molar-refractivity contribution is 5.72. The van der Waals surface area contributed by atoms with Crippen LogP contribution in [0.5, 0.6) is 0 Å². The zero-order chi connectivity index (χ0) is 9.19. The summed E-state index contributed by atoms with van der Waals surface area (Å²) in [6.07, 6.45) is -2.71. The molecular formula is C7H5F3NO+. The largest absolute Gasteiger partial charge is 0.521 e. The van der Waals surface area contributed by atoms with Gasteiger partial charge in [-0.05, 0) is 0 Å². The Morgan fingerprint density at radius 2 is 1.58 bits per heavy atom. The lowest BCUT2D eigenvalue weighted by Gasteiger charge is -1.97. The van der Waals surface area contributed by atoms with Crippen molar-refractivity contribution in [3.8, 4) is 0 Å². The molecule has 1 rings (SSSR count). The predicted molar refractivity (Wildman–Crippen MR) is 33.3 cm³/mol. The van der Waals surface area contributed by atoms with Crippen LogP contribution in [0.1, 0.15) is 4.79 Å². The van der Waals surface area contributed by atoms with E-state index in [0.717, 1.165) is 12.4 Å². The third kappa shape index (κ3) is 1.81. The fraction of sp³-hybridized carbons (Fsp3) is 0.143. The summed E-state index contributed by atoms with van der Waals surface area (Å²) >= 11 is 0. The van der Waals surface area contributed by atoms with Gasteiger partial charge in [-0.15, -0.1) is 4.57 Å². The number of halogens is 3. The van der Waals surface area contributed by atoms with E-state index in [1.54, 1.807) is 0 Å². The van der Waals surface area contributed by atoms with Crippen molar-refractivity contribution >= 4 is 5.91 Å². The van der Waals surface area contributed by atoms with Crippen molar-refractivity contribution in [2.45, 2.75) is 6.18 Å². The third-order valence-corrected chi connectivity index (χ3v) is 1.19. The van der Waals surface area contributed by atoms with Gasteiger partial charge in [0.25, 0.3) is 0 Å². The number of nitrogens with zero attached hydrogens (tertiary/aromatic N) is 1. The number of carbonyl (C=O) groups is 1. The van der Waals surface area contributed by atoms with Gasteiger partial charge in [-0.3, -0.25) is 0 Å². The number of hydrogen-bond donors (Lipinski definition) is 0. The smallest absolute Gasteiger partial charge is 0.208 e. The second-order valence-corrected chi connectivity index (χ2v) is 2.09. The molecule has 0 aliphatic carbocycles. The first-order valence-electron chi connectivity index (χ1n) is 3.09. The molecule has 0 saturated heterocycles. The Bertz CT molecular complexity index is 280.